The van der Waals surface area contributed by atoms with Gasteiger partial charge in [0.25, 0.3) is 0 Å². The Morgan fingerprint density at radius 2 is 1.19 bits per heavy atom. The van der Waals surface area contributed by atoms with Crippen LogP contribution in [-0.2, 0) is 9.59 Å². The molecule has 0 radical (unpaired) electrons. The molecule has 2 heteroatoms. The molecule has 0 heterocycles. The van der Waals surface area contributed by atoms with Gasteiger partial charge in [-0.3, -0.25) is 0 Å². The number of aldehydes is 2. The van der Waals surface area contributed by atoms with Gasteiger partial charge >= 0.3 is 0 Å². The van der Waals surface area contributed by atoms with E-state index >= 15 is 0 Å². The maximum absolute atomic E-state index is 11.2. The van der Waals surface area contributed by atoms with Crippen LogP contribution in [0.5, 0.6) is 0 Å². The standard InChI is InChI=1S/C14H22O2/c1-9-11-5-3-4-6-12(11)10(2)14(8-16)13(9)7-15/h7-14H,3-6H2,1-2H3. The van der Waals surface area contributed by atoms with E-state index in [4.69, 9.17) is 0 Å². The zero-order chi connectivity index (χ0) is 11.7. The van der Waals surface area contributed by atoms with Crippen molar-refractivity contribution in [1.82, 2.24) is 0 Å². The lowest BCUT2D eigenvalue weighted by molar-refractivity contribution is -0.131. The van der Waals surface area contributed by atoms with E-state index in [0.29, 0.717) is 23.7 Å². The lowest BCUT2D eigenvalue weighted by Gasteiger charge is -2.49. The molecule has 2 rings (SSSR count). The van der Waals surface area contributed by atoms with Gasteiger partial charge in [-0.05, 0) is 36.5 Å². The Balaban J connectivity index is 2.25. The Labute approximate surface area is 97.8 Å². The zero-order valence-corrected chi connectivity index (χ0v) is 10.3. The van der Waals surface area contributed by atoms with E-state index in [0.717, 1.165) is 12.6 Å². The lowest BCUT2D eigenvalue weighted by atomic mass is 9.55. The topological polar surface area (TPSA) is 34.1 Å². The second-order valence-corrected chi connectivity index (χ2v) is 5.76. The first-order chi connectivity index (χ1) is 7.70. The van der Waals surface area contributed by atoms with Crippen LogP contribution < -0.4 is 0 Å². The molecule has 2 aliphatic carbocycles. The second-order valence-electron chi connectivity index (χ2n) is 5.76. The van der Waals surface area contributed by atoms with Crippen LogP contribution in [0.25, 0.3) is 0 Å². The molecular formula is C14H22O2. The zero-order valence-electron chi connectivity index (χ0n) is 10.3. The van der Waals surface area contributed by atoms with E-state index in [1.54, 1.807) is 0 Å². The molecule has 2 nitrogen and oxygen atoms in total. The molecule has 0 aromatic carbocycles. The largest absolute Gasteiger partial charge is 0.303 e. The maximum atomic E-state index is 11.2. The molecule has 2 saturated carbocycles. The molecule has 0 aromatic rings. The summed E-state index contributed by atoms with van der Waals surface area (Å²) in [5.74, 6) is 2.08. The predicted molar refractivity (Wildman–Crippen MR) is 62.9 cm³/mol. The summed E-state index contributed by atoms with van der Waals surface area (Å²) < 4.78 is 0. The summed E-state index contributed by atoms with van der Waals surface area (Å²) in [6, 6.07) is 0. The molecule has 16 heavy (non-hydrogen) atoms. The molecule has 0 saturated heterocycles. The van der Waals surface area contributed by atoms with Crippen molar-refractivity contribution >= 4 is 12.6 Å². The van der Waals surface area contributed by atoms with Crippen LogP contribution in [-0.4, -0.2) is 12.6 Å². The second kappa shape index (κ2) is 4.68. The first kappa shape index (κ1) is 11.8. The van der Waals surface area contributed by atoms with Crippen LogP contribution in [0.3, 0.4) is 0 Å². The SMILES string of the molecule is CC1C(C=O)C(C=O)C(C)C2CCCCC12. The molecule has 0 bridgehead atoms. The summed E-state index contributed by atoms with van der Waals surface area (Å²) >= 11 is 0. The third kappa shape index (κ3) is 1.72. The molecule has 2 aliphatic rings. The van der Waals surface area contributed by atoms with E-state index in [1.807, 2.05) is 0 Å². The van der Waals surface area contributed by atoms with Crippen molar-refractivity contribution < 1.29 is 9.59 Å². The minimum atomic E-state index is -0.0353. The summed E-state index contributed by atoms with van der Waals surface area (Å²) in [4.78, 5) is 22.4. The van der Waals surface area contributed by atoms with Crippen LogP contribution in [0.1, 0.15) is 39.5 Å². The predicted octanol–water partition coefficient (Wildman–Crippen LogP) is 2.71. The highest BCUT2D eigenvalue weighted by molar-refractivity contribution is 5.66. The van der Waals surface area contributed by atoms with Crippen molar-refractivity contribution in [2.24, 2.45) is 35.5 Å². The van der Waals surface area contributed by atoms with E-state index in [1.165, 1.54) is 25.7 Å². The van der Waals surface area contributed by atoms with Crippen LogP contribution in [0.15, 0.2) is 0 Å². The minimum Gasteiger partial charge on any atom is -0.303 e. The Bertz CT molecular complexity index is 246. The highest BCUT2D eigenvalue weighted by Crippen LogP contribution is 2.50. The fourth-order valence-corrected chi connectivity index (χ4v) is 4.20. The van der Waals surface area contributed by atoms with Gasteiger partial charge in [0.05, 0.1) is 0 Å². The number of carbonyl (C=O) groups is 2. The van der Waals surface area contributed by atoms with Crippen LogP contribution >= 0.6 is 0 Å². The lowest BCUT2D eigenvalue weighted by Crippen LogP contribution is -2.46. The maximum Gasteiger partial charge on any atom is 0.124 e. The van der Waals surface area contributed by atoms with E-state index in [2.05, 4.69) is 13.8 Å². The Morgan fingerprint density at radius 1 is 0.812 bits per heavy atom. The van der Waals surface area contributed by atoms with E-state index < -0.39 is 0 Å². The van der Waals surface area contributed by atoms with E-state index in [9.17, 15) is 9.59 Å². The number of fused-ring (bicyclic) bond motifs is 1. The van der Waals surface area contributed by atoms with Gasteiger partial charge < -0.3 is 9.59 Å². The van der Waals surface area contributed by atoms with E-state index in [-0.39, 0.29) is 11.8 Å². The number of rotatable bonds is 2. The van der Waals surface area contributed by atoms with Gasteiger partial charge in [-0.1, -0.05) is 26.7 Å². The molecule has 6 atom stereocenters. The number of carbonyl (C=O) groups excluding carboxylic acids is 2. The first-order valence-corrected chi connectivity index (χ1v) is 6.61. The van der Waals surface area contributed by atoms with Crippen molar-refractivity contribution in [2.45, 2.75) is 39.5 Å². The molecular weight excluding hydrogens is 200 g/mol. The highest BCUT2D eigenvalue weighted by Gasteiger charge is 2.47. The minimum absolute atomic E-state index is 0.0353. The third-order valence-electron chi connectivity index (χ3n) is 5.20. The summed E-state index contributed by atoms with van der Waals surface area (Å²) in [6.45, 7) is 4.34. The van der Waals surface area contributed by atoms with Crippen molar-refractivity contribution in [3.05, 3.63) is 0 Å². The fraction of sp³-hybridized carbons (Fsp3) is 0.857. The van der Waals surface area contributed by atoms with Crippen molar-refractivity contribution in [2.75, 3.05) is 0 Å². The van der Waals surface area contributed by atoms with Gasteiger partial charge in [-0.15, -0.1) is 0 Å². The van der Waals surface area contributed by atoms with Crippen LogP contribution in [0.2, 0.25) is 0 Å². The van der Waals surface area contributed by atoms with Gasteiger partial charge in [-0.2, -0.15) is 0 Å². The monoisotopic (exact) mass is 222 g/mol. The Hall–Kier alpha value is -0.660. The summed E-state index contributed by atoms with van der Waals surface area (Å²) in [5.41, 5.74) is 0. The van der Waals surface area contributed by atoms with Gasteiger partial charge in [0, 0.05) is 11.8 Å². The Morgan fingerprint density at radius 3 is 1.50 bits per heavy atom. The molecule has 0 aliphatic heterocycles. The first-order valence-electron chi connectivity index (χ1n) is 6.61. The fourth-order valence-electron chi connectivity index (χ4n) is 4.20. The van der Waals surface area contributed by atoms with Crippen molar-refractivity contribution in [3.8, 4) is 0 Å². The van der Waals surface area contributed by atoms with Gasteiger partial charge in [-0.25, -0.2) is 0 Å². The summed E-state index contributed by atoms with van der Waals surface area (Å²) in [5, 5.41) is 0. The normalized spacial score (nSPS) is 48.1. The molecule has 0 spiro atoms. The Kier molecular flexibility index (Phi) is 3.46. The average molecular weight is 222 g/mol. The molecule has 2 fully saturated rings. The highest BCUT2D eigenvalue weighted by atomic mass is 16.1. The average Bonchev–Trinajstić information content (AvgIpc) is 2.33. The van der Waals surface area contributed by atoms with Crippen LogP contribution in [0.4, 0.5) is 0 Å². The summed E-state index contributed by atoms with van der Waals surface area (Å²) in [7, 11) is 0. The van der Waals surface area contributed by atoms with Crippen LogP contribution in [0, 0.1) is 35.5 Å². The molecule has 0 N–H and O–H groups in total. The van der Waals surface area contributed by atoms with Crippen molar-refractivity contribution in [1.29, 1.82) is 0 Å². The number of hydrogen-bond acceptors (Lipinski definition) is 2. The molecule has 0 amide bonds. The molecule has 0 aromatic heterocycles. The van der Waals surface area contributed by atoms with Crippen molar-refractivity contribution in [3.63, 3.8) is 0 Å². The molecule has 6 unspecified atom stereocenters. The van der Waals surface area contributed by atoms with Gasteiger partial charge in [0.2, 0.25) is 0 Å². The summed E-state index contributed by atoms with van der Waals surface area (Å²) in [6.07, 6.45) is 7.18. The number of hydrogen-bond donors (Lipinski definition) is 0. The van der Waals surface area contributed by atoms with Gasteiger partial charge in [0.1, 0.15) is 12.6 Å². The van der Waals surface area contributed by atoms with Gasteiger partial charge in [0.15, 0.2) is 0 Å². The third-order valence-corrected chi connectivity index (χ3v) is 5.20. The quantitative estimate of drug-likeness (QED) is 0.673. The molecule has 90 valence electrons. The smallest absolute Gasteiger partial charge is 0.124 e.